The zero-order valence-corrected chi connectivity index (χ0v) is 11.8. The van der Waals surface area contributed by atoms with Crippen molar-refractivity contribution in [1.29, 1.82) is 0 Å². The van der Waals surface area contributed by atoms with Crippen LogP contribution in [-0.2, 0) is 10.0 Å². The first kappa shape index (κ1) is 13.8. The van der Waals surface area contributed by atoms with Gasteiger partial charge < -0.3 is 5.32 Å². The summed E-state index contributed by atoms with van der Waals surface area (Å²) in [7, 11) is -3.48. The number of hydrogen-bond donors (Lipinski definition) is 2. The topological polar surface area (TPSA) is 58.2 Å². The Balaban J connectivity index is 2.12. The Bertz CT molecular complexity index is 525. The minimum atomic E-state index is -3.48. The Morgan fingerprint density at radius 2 is 2.28 bits per heavy atom. The average Bonchev–Trinajstić information content (AvgIpc) is 2.83. The molecule has 1 saturated heterocycles. The fourth-order valence-electron chi connectivity index (χ4n) is 2.10. The van der Waals surface area contributed by atoms with Crippen LogP contribution in [-0.4, -0.2) is 27.5 Å². The van der Waals surface area contributed by atoms with Crippen LogP contribution in [0.25, 0.3) is 0 Å². The lowest BCUT2D eigenvalue weighted by Crippen LogP contribution is -2.37. The van der Waals surface area contributed by atoms with Gasteiger partial charge in [-0.2, -0.15) is 0 Å². The van der Waals surface area contributed by atoms with E-state index in [0.29, 0.717) is 17.1 Å². The standard InChI is InChI=1S/C12H17ClN2O2S/c1-9-11(13)5-2-6-12(9)18(16,17)15-8-10-4-3-7-14-10/h2,5-6,10,14-15H,3-4,7-8H2,1H3. The van der Waals surface area contributed by atoms with Gasteiger partial charge in [-0.1, -0.05) is 17.7 Å². The third-order valence-electron chi connectivity index (χ3n) is 3.19. The quantitative estimate of drug-likeness (QED) is 0.886. The lowest BCUT2D eigenvalue weighted by Gasteiger charge is -2.13. The summed E-state index contributed by atoms with van der Waals surface area (Å²) in [5.74, 6) is 0. The molecule has 1 heterocycles. The van der Waals surface area contributed by atoms with Crippen LogP contribution in [0.3, 0.4) is 0 Å². The van der Waals surface area contributed by atoms with E-state index < -0.39 is 10.0 Å². The Morgan fingerprint density at radius 1 is 1.50 bits per heavy atom. The Kier molecular flexibility index (Phi) is 4.27. The first-order chi connectivity index (χ1) is 8.50. The first-order valence-corrected chi connectivity index (χ1v) is 7.85. The van der Waals surface area contributed by atoms with Crippen LogP contribution in [0, 0.1) is 6.92 Å². The molecule has 1 atom stereocenters. The predicted molar refractivity (Wildman–Crippen MR) is 72.4 cm³/mol. The highest BCUT2D eigenvalue weighted by atomic mass is 35.5. The SMILES string of the molecule is Cc1c(Cl)cccc1S(=O)(=O)NCC1CCCN1. The van der Waals surface area contributed by atoms with Gasteiger partial charge in [0.25, 0.3) is 0 Å². The zero-order chi connectivity index (χ0) is 13.2. The van der Waals surface area contributed by atoms with E-state index in [4.69, 9.17) is 11.6 Å². The van der Waals surface area contributed by atoms with Crippen molar-refractivity contribution in [2.75, 3.05) is 13.1 Å². The maximum atomic E-state index is 12.2. The Morgan fingerprint density at radius 3 is 2.94 bits per heavy atom. The van der Waals surface area contributed by atoms with Gasteiger partial charge in [-0.3, -0.25) is 0 Å². The molecule has 0 aromatic heterocycles. The van der Waals surface area contributed by atoms with E-state index in [0.717, 1.165) is 19.4 Å². The van der Waals surface area contributed by atoms with Crippen LogP contribution in [0.15, 0.2) is 23.1 Å². The molecule has 1 aromatic rings. The summed E-state index contributed by atoms with van der Waals surface area (Å²) in [6.07, 6.45) is 2.11. The lowest BCUT2D eigenvalue weighted by atomic mass is 10.2. The van der Waals surface area contributed by atoms with Gasteiger partial charge in [-0.15, -0.1) is 0 Å². The minimum absolute atomic E-state index is 0.235. The van der Waals surface area contributed by atoms with Crippen LogP contribution in [0.4, 0.5) is 0 Å². The summed E-state index contributed by atoms with van der Waals surface area (Å²) >= 11 is 5.94. The second-order valence-electron chi connectivity index (χ2n) is 4.51. The van der Waals surface area contributed by atoms with E-state index in [2.05, 4.69) is 10.0 Å². The molecule has 6 heteroatoms. The van der Waals surface area contributed by atoms with Gasteiger partial charge in [-0.05, 0) is 44.0 Å². The fourth-order valence-corrected chi connectivity index (χ4v) is 3.68. The number of nitrogens with one attached hydrogen (secondary N) is 2. The molecule has 4 nitrogen and oxygen atoms in total. The molecule has 2 rings (SSSR count). The van der Waals surface area contributed by atoms with Gasteiger partial charge in [0, 0.05) is 17.6 Å². The highest BCUT2D eigenvalue weighted by Crippen LogP contribution is 2.22. The van der Waals surface area contributed by atoms with Crippen molar-refractivity contribution < 1.29 is 8.42 Å². The lowest BCUT2D eigenvalue weighted by molar-refractivity contribution is 0.551. The average molecular weight is 289 g/mol. The summed E-state index contributed by atoms with van der Waals surface area (Å²) in [4.78, 5) is 0.257. The highest BCUT2D eigenvalue weighted by molar-refractivity contribution is 7.89. The Hall–Kier alpha value is -0.620. The van der Waals surface area contributed by atoms with Gasteiger partial charge in [0.15, 0.2) is 0 Å². The molecule has 100 valence electrons. The van der Waals surface area contributed by atoms with Crippen LogP contribution in [0.5, 0.6) is 0 Å². The molecule has 1 aliphatic heterocycles. The maximum absolute atomic E-state index is 12.2. The Labute approximate surface area is 113 Å². The van der Waals surface area contributed by atoms with Gasteiger partial charge in [-0.25, -0.2) is 13.1 Å². The summed E-state index contributed by atoms with van der Waals surface area (Å²) in [6.45, 7) is 3.10. The van der Waals surface area contributed by atoms with E-state index in [1.54, 1.807) is 25.1 Å². The van der Waals surface area contributed by atoms with Crippen molar-refractivity contribution in [2.24, 2.45) is 0 Å². The van der Waals surface area contributed by atoms with Gasteiger partial charge >= 0.3 is 0 Å². The summed E-state index contributed by atoms with van der Waals surface area (Å²) in [5.41, 5.74) is 0.589. The fraction of sp³-hybridized carbons (Fsp3) is 0.500. The second kappa shape index (κ2) is 5.57. The van der Waals surface area contributed by atoms with Crippen molar-refractivity contribution in [3.8, 4) is 0 Å². The first-order valence-electron chi connectivity index (χ1n) is 5.99. The molecule has 18 heavy (non-hydrogen) atoms. The second-order valence-corrected chi connectivity index (χ2v) is 6.65. The zero-order valence-electron chi connectivity index (χ0n) is 10.2. The van der Waals surface area contributed by atoms with Gasteiger partial charge in [0.1, 0.15) is 0 Å². The van der Waals surface area contributed by atoms with Crippen molar-refractivity contribution in [3.63, 3.8) is 0 Å². The molecule has 0 spiro atoms. The normalized spacial score (nSPS) is 20.2. The number of benzene rings is 1. The van der Waals surface area contributed by atoms with E-state index in [1.807, 2.05) is 0 Å². The third kappa shape index (κ3) is 3.03. The number of halogens is 1. The van der Waals surface area contributed by atoms with E-state index in [1.165, 1.54) is 0 Å². The number of sulfonamides is 1. The molecule has 0 aliphatic carbocycles. The van der Waals surface area contributed by atoms with E-state index >= 15 is 0 Å². The van der Waals surface area contributed by atoms with Crippen LogP contribution in [0.2, 0.25) is 5.02 Å². The maximum Gasteiger partial charge on any atom is 0.240 e. The monoisotopic (exact) mass is 288 g/mol. The molecule has 0 bridgehead atoms. The van der Waals surface area contributed by atoms with Crippen molar-refractivity contribution >= 4 is 21.6 Å². The largest absolute Gasteiger partial charge is 0.313 e. The molecule has 1 unspecified atom stereocenters. The van der Waals surface area contributed by atoms with E-state index in [-0.39, 0.29) is 10.9 Å². The number of rotatable bonds is 4. The molecule has 1 aliphatic rings. The molecular formula is C12H17ClN2O2S. The van der Waals surface area contributed by atoms with Gasteiger partial charge in [0.05, 0.1) is 4.90 Å². The van der Waals surface area contributed by atoms with Crippen molar-refractivity contribution in [2.45, 2.75) is 30.7 Å². The van der Waals surface area contributed by atoms with Crippen LogP contribution in [0.1, 0.15) is 18.4 Å². The molecule has 1 fully saturated rings. The van der Waals surface area contributed by atoms with Crippen molar-refractivity contribution in [3.05, 3.63) is 28.8 Å². The van der Waals surface area contributed by atoms with E-state index in [9.17, 15) is 8.42 Å². The predicted octanol–water partition coefficient (Wildman–Crippen LogP) is 1.68. The summed E-state index contributed by atoms with van der Waals surface area (Å²) in [6, 6.07) is 5.15. The van der Waals surface area contributed by atoms with Gasteiger partial charge in [0.2, 0.25) is 10.0 Å². The smallest absolute Gasteiger partial charge is 0.240 e. The highest BCUT2D eigenvalue weighted by Gasteiger charge is 2.21. The van der Waals surface area contributed by atoms with Crippen molar-refractivity contribution in [1.82, 2.24) is 10.0 Å². The van der Waals surface area contributed by atoms with Crippen LogP contribution >= 0.6 is 11.6 Å². The summed E-state index contributed by atoms with van der Waals surface area (Å²) in [5, 5.41) is 3.72. The summed E-state index contributed by atoms with van der Waals surface area (Å²) < 4.78 is 27.0. The molecule has 0 radical (unpaired) electrons. The molecule has 0 amide bonds. The molecule has 1 aromatic carbocycles. The molecule has 2 N–H and O–H groups in total. The minimum Gasteiger partial charge on any atom is -0.313 e. The third-order valence-corrected chi connectivity index (χ3v) is 5.17. The molecule has 0 saturated carbocycles. The molecular weight excluding hydrogens is 272 g/mol. The van der Waals surface area contributed by atoms with Crippen LogP contribution < -0.4 is 10.0 Å². The number of hydrogen-bond acceptors (Lipinski definition) is 3.